The maximum absolute atomic E-state index is 14.9. The van der Waals surface area contributed by atoms with E-state index in [1.165, 1.54) is 18.1 Å². The second kappa shape index (κ2) is 16.2. The van der Waals surface area contributed by atoms with Crippen molar-refractivity contribution in [2.45, 2.75) is 13.2 Å². The molecule has 256 valence electrons. The van der Waals surface area contributed by atoms with Crippen LogP contribution in [0.2, 0.25) is 0 Å². The van der Waals surface area contributed by atoms with E-state index in [1.807, 2.05) is 121 Å². The maximum Gasteiger partial charge on any atom is 0.254 e. The molecule has 0 spiro atoms. The Kier molecular flexibility index (Phi) is 11.1. The van der Waals surface area contributed by atoms with Crippen LogP contribution in [-0.2, 0) is 17.8 Å². The highest BCUT2D eigenvalue weighted by atomic mass is 31.2. The summed E-state index contributed by atoms with van der Waals surface area (Å²) in [6.07, 6.45) is -0.0901. The van der Waals surface area contributed by atoms with Crippen LogP contribution >= 0.6 is 7.14 Å². The Morgan fingerprint density at radius 3 is 1.57 bits per heavy atom. The lowest BCUT2D eigenvalue weighted by Gasteiger charge is -2.26. The van der Waals surface area contributed by atoms with Gasteiger partial charge in [-0.05, 0) is 47.5 Å². The van der Waals surface area contributed by atoms with Crippen LogP contribution in [0.25, 0.3) is 0 Å². The molecule has 51 heavy (non-hydrogen) atoms. The predicted octanol–water partition coefficient (Wildman–Crippen LogP) is 8.13. The Labute approximate surface area is 298 Å². The van der Waals surface area contributed by atoms with Crippen molar-refractivity contribution in [3.05, 3.63) is 186 Å². The minimum atomic E-state index is -3.32. The van der Waals surface area contributed by atoms with Gasteiger partial charge in [0.05, 0.1) is 19.0 Å². The first-order valence-corrected chi connectivity index (χ1v) is 18.4. The van der Waals surface area contributed by atoms with Crippen molar-refractivity contribution in [2.24, 2.45) is 0 Å². The second-order valence-corrected chi connectivity index (χ2v) is 14.8. The Balaban J connectivity index is 1.34. The third-order valence-electron chi connectivity index (χ3n) is 8.49. The fraction of sp³-hybridized carbons (Fsp3) is 0.116. The number of ketones is 1. The van der Waals surface area contributed by atoms with Crippen molar-refractivity contribution in [3.63, 3.8) is 0 Å². The number of nitrogens with zero attached hydrogens (tertiary/aromatic N) is 1. The summed E-state index contributed by atoms with van der Waals surface area (Å²) in [7, 11) is -0.228. The highest BCUT2D eigenvalue weighted by Gasteiger charge is 2.32. The molecule has 6 aromatic carbocycles. The first-order valence-electron chi connectivity index (χ1n) is 16.5. The lowest BCUT2D eigenvalue weighted by Crippen LogP contribution is -2.33. The molecule has 0 saturated carbocycles. The van der Waals surface area contributed by atoms with E-state index < -0.39 is 13.0 Å². The van der Waals surface area contributed by atoms with Crippen LogP contribution in [0.1, 0.15) is 37.4 Å². The smallest absolute Gasteiger partial charge is 0.254 e. The Morgan fingerprint density at radius 2 is 1.06 bits per heavy atom. The summed E-state index contributed by atoms with van der Waals surface area (Å²) in [5.74, 6) is 0.333. The molecule has 0 aliphatic rings. The largest absolute Gasteiger partial charge is 0.493 e. The number of amides is 1. The van der Waals surface area contributed by atoms with Gasteiger partial charge in [0.2, 0.25) is 0 Å². The summed E-state index contributed by atoms with van der Waals surface area (Å²) in [5, 5.41) is 1.26. The van der Waals surface area contributed by atoms with Gasteiger partial charge in [-0.3, -0.25) is 9.59 Å². The van der Waals surface area contributed by atoms with Crippen LogP contribution in [0.5, 0.6) is 17.2 Å². The fourth-order valence-electron chi connectivity index (χ4n) is 5.75. The minimum absolute atomic E-state index is 0.0901. The highest BCUT2D eigenvalue weighted by Crippen LogP contribution is 2.44. The Bertz CT molecular complexity index is 2080. The summed E-state index contributed by atoms with van der Waals surface area (Å²) < 4.78 is 32.7. The van der Waals surface area contributed by atoms with Gasteiger partial charge in [-0.2, -0.15) is 0 Å². The minimum Gasteiger partial charge on any atom is -0.493 e. The number of carbonyl (C=O) groups excluding carboxylic acids is 2. The third-order valence-corrected chi connectivity index (χ3v) is 11.6. The van der Waals surface area contributed by atoms with Crippen molar-refractivity contribution < 1.29 is 28.4 Å². The summed E-state index contributed by atoms with van der Waals surface area (Å²) in [5.41, 5.74) is 2.53. The first kappa shape index (κ1) is 34.9. The Hall–Kier alpha value is -5.91. The zero-order chi connectivity index (χ0) is 35.6. The maximum atomic E-state index is 14.9. The van der Waals surface area contributed by atoms with Crippen LogP contribution < -0.4 is 24.8 Å². The SMILES string of the molecule is COc1cc(C(=O)c2ccc(OCc3ccccc3)cc2)c(C(=O)N(C)CP(=O)(c2ccccc2)c2ccccc2)cc1OCc1ccccc1. The van der Waals surface area contributed by atoms with Crippen LogP contribution in [-0.4, -0.2) is 37.0 Å². The molecule has 0 atom stereocenters. The summed E-state index contributed by atoms with van der Waals surface area (Å²) in [6.45, 7) is 0.603. The molecule has 0 heterocycles. The van der Waals surface area contributed by atoms with Gasteiger partial charge in [0.1, 0.15) is 19.0 Å². The number of carbonyl (C=O) groups is 2. The first-order chi connectivity index (χ1) is 24.9. The van der Waals surface area contributed by atoms with Gasteiger partial charge in [-0.25, -0.2) is 0 Å². The number of ether oxygens (including phenoxy) is 3. The number of hydrogen-bond acceptors (Lipinski definition) is 6. The lowest BCUT2D eigenvalue weighted by molar-refractivity contribution is 0.0811. The molecule has 1 amide bonds. The van der Waals surface area contributed by atoms with Gasteiger partial charge in [-0.15, -0.1) is 0 Å². The van der Waals surface area contributed by atoms with Gasteiger partial charge in [0, 0.05) is 28.8 Å². The van der Waals surface area contributed by atoms with E-state index in [2.05, 4.69) is 0 Å². The predicted molar refractivity (Wildman–Crippen MR) is 201 cm³/mol. The zero-order valence-corrected chi connectivity index (χ0v) is 29.4. The summed E-state index contributed by atoms with van der Waals surface area (Å²) in [4.78, 5) is 30.1. The standard InChI is InChI=1S/C43H38NO6P/c1-44(31-51(47,36-19-11-5-12-20-36)37-21-13-6-14-22-37)43(46)39-28-41(50-30-33-17-9-4-10-18-33)40(48-2)27-38(39)42(45)34-23-25-35(26-24-34)49-29-32-15-7-3-8-16-32/h3-28H,29-31H2,1-2H3. The quantitative estimate of drug-likeness (QED) is 0.0846. The molecule has 0 fully saturated rings. The Morgan fingerprint density at radius 1 is 0.588 bits per heavy atom. The number of hydrogen-bond donors (Lipinski definition) is 0. The van der Waals surface area contributed by atoms with Crippen molar-refractivity contribution in [2.75, 3.05) is 20.4 Å². The molecular weight excluding hydrogens is 657 g/mol. The normalized spacial score (nSPS) is 11.0. The van der Waals surface area contributed by atoms with Crippen LogP contribution in [0, 0.1) is 0 Å². The van der Waals surface area contributed by atoms with Gasteiger partial charge in [0.15, 0.2) is 24.4 Å². The molecule has 0 aliphatic carbocycles. The lowest BCUT2D eigenvalue weighted by atomic mass is 9.96. The molecule has 0 saturated heterocycles. The average Bonchev–Trinajstić information content (AvgIpc) is 3.20. The molecule has 7 nitrogen and oxygen atoms in total. The average molecular weight is 696 g/mol. The van der Waals surface area contributed by atoms with E-state index in [0.29, 0.717) is 40.0 Å². The van der Waals surface area contributed by atoms with Crippen LogP contribution in [0.15, 0.2) is 158 Å². The fourth-order valence-corrected chi connectivity index (χ4v) is 8.41. The van der Waals surface area contributed by atoms with E-state index in [4.69, 9.17) is 14.2 Å². The van der Waals surface area contributed by atoms with E-state index >= 15 is 0 Å². The molecule has 8 heteroatoms. The van der Waals surface area contributed by atoms with Crippen molar-refractivity contribution in [1.29, 1.82) is 0 Å². The molecular formula is C43H38NO6P. The van der Waals surface area contributed by atoms with Gasteiger partial charge in [-0.1, -0.05) is 121 Å². The summed E-state index contributed by atoms with van der Waals surface area (Å²) in [6, 6.07) is 47.6. The van der Waals surface area contributed by atoms with E-state index in [0.717, 1.165) is 11.1 Å². The molecule has 0 N–H and O–H groups in total. The second-order valence-electron chi connectivity index (χ2n) is 12.0. The highest BCUT2D eigenvalue weighted by molar-refractivity contribution is 7.78. The van der Waals surface area contributed by atoms with Crippen molar-refractivity contribution in [3.8, 4) is 17.2 Å². The molecule has 6 rings (SSSR count). The van der Waals surface area contributed by atoms with Crippen molar-refractivity contribution >= 4 is 29.4 Å². The molecule has 0 bridgehead atoms. The zero-order valence-electron chi connectivity index (χ0n) is 28.5. The molecule has 0 unspecified atom stereocenters. The topological polar surface area (TPSA) is 82.1 Å². The van der Waals surface area contributed by atoms with E-state index in [1.54, 1.807) is 37.4 Å². The number of rotatable bonds is 14. The third kappa shape index (κ3) is 8.29. The molecule has 0 aliphatic heterocycles. The van der Waals surface area contributed by atoms with E-state index in [-0.39, 0.29) is 29.8 Å². The molecule has 0 aromatic heterocycles. The van der Waals surface area contributed by atoms with Gasteiger partial charge in [0.25, 0.3) is 5.91 Å². The molecule has 0 radical (unpaired) electrons. The van der Waals surface area contributed by atoms with Crippen molar-refractivity contribution in [1.82, 2.24) is 4.90 Å². The number of benzene rings is 6. The monoisotopic (exact) mass is 695 g/mol. The van der Waals surface area contributed by atoms with Gasteiger partial charge >= 0.3 is 0 Å². The van der Waals surface area contributed by atoms with E-state index in [9.17, 15) is 14.2 Å². The summed E-state index contributed by atoms with van der Waals surface area (Å²) >= 11 is 0. The van der Waals surface area contributed by atoms with Gasteiger partial charge < -0.3 is 23.7 Å². The number of methoxy groups -OCH3 is 1. The molecule has 6 aromatic rings. The van der Waals surface area contributed by atoms with Crippen LogP contribution in [0.3, 0.4) is 0 Å². The van der Waals surface area contributed by atoms with Crippen LogP contribution in [0.4, 0.5) is 0 Å².